The Balaban J connectivity index is 2.67. The highest BCUT2D eigenvalue weighted by Crippen LogP contribution is 2.15. The number of nitrogens with one attached hydrogen (secondary N) is 1. The van der Waals surface area contributed by atoms with E-state index in [1.807, 2.05) is 25.6 Å². The molecule has 1 aromatic rings. The topological polar surface area (TPSA) is 67.2 Å². The molecule has 0 aliphatic carbocycles. The Hall–Kier alpha value is -1.36. The first-order valence-corrected chi connectivity index (χ1v) is 7.39. The molecule has 114 valence electrons. The summed E-state index contributed by atoms with van der Waals surface area (Å²) in [4.78, 5) is 11.8. The molecule has 20 heavy (non-hydrogen) atoms. The number of rotatable bonds is 7. The molecule has 1 rings (SSSR count). The van der Waals surface area contributed by atoms with Crippen molar-refractivity contribution in [3.05, 3.63) is 17.0 Å². The first kappa shape index (κ1) is 16.7. The van der Waals surface area contributed by atoms with Gasteiger partial charge in [-0.2, -0.15) is 5.10 Å². The van der Waals surface area contributed by atoms with Gasteiger partial charge in [0.05, 0.1) is 18.2 Å². The molecule has 0 aliphatic rings. The Morgan fingerprint density at radius 3 is 2.50 bits per heavy atom. The minimum atomic E-state index is -0.583. The van der Waals surface area contributed by atoms with Crippen LogP contribution in [0.2, 0.25) is 0 Å². The molecule has 0 aromatic carbocycles. The summed E-state index contributed by atoms with van der Waals surface area (Å²) >= 11 is 0. The number of nitrogens with zero attached hydrogens (tertiary/aromatic N) is 2. The van der Waals surface area contributed by atoms with E-state index in [0.717, 1.165) is 29.8 Å². The predicted octanol–water partition coefficient (Wildman–Crippen LogP) is 1.57. The van der Waals surface area contributed by atoms with Crippen LogP contribution >= 0.6 is 0 Å². The maximum absolute atomic E-state index is 11.8. The van der Waals surface area contributed by atoms with E-state index in [0.29, 0.717) is 6.54 Å². The van der Waals surface area contributed by atoms with Crippen LogP contribution in [0.5, 0.6) is 0 Å². The van der Waals surface area contributed by atoms with E-state index in [4.69, 9.17) is 0 Å². The van der Waals surface area contributed by atoms with Crippen molar-refractivity contribution in [1.29, 1.82) is 0 Å². The Morgan fingerprint density at radius 2 is 2.00 bits per heavy atom. The van der Waals surface area contributed by atoms with E-state index in [1.54, 1.807) is 0 Å². The van der Waals surface area contributed by atoms with E-state index < -0.39 is 6.10 Å². The maximum atomic E-state index is 11.8. The molecule has 0 saturated carbocycles. The molecule has 0 saturated heterocycles. The Morgan fingerprint density at radius 1 is 1.35 bits per heavy atom. The molecular formula is C15H27N3O2. The zero-order valence-corrected chi connectivity index (χ0v) is 13.2. The van der Waals surface area contributed by atoms with Gasteiger partial charge in [0.25, 0.3) is 0 Å². The lowest BCUT2D eigenvalue weighted by Gasteiger charge is -2.14. The Labute approximate surface area is 121 Å². The largest absolute Gasteiger partial charge is 0.392 e. The van der Waals surface area contributed by atoms with E-state index in [-0.39, 0.29) is 18.2 Å². The average Bonchev–Trinajstić information content (AvgIpc) is 2.71. The second kappa shape index (κ2) is 7.43. The molecule has 0 radical (unpaired) electrons. The molecule has 1 amide bonds. The molecule has 2 N–H and O–H groups in total. The second-order valence-corrected chi connectivity index (χ2v) is 5.49. The molecule has 1 heterocycles. The summed E-state index contributed by atoms with van der Waals surface area (Å²) in [7, 11) is 1.94. The number of aromatic nitrogens is 2. The SMILES string of the molecule is CCc1nn(C)c(CC)c1CNC(=O)CC(O)C(C)C. The number of carbonyl (C=O) groups excluding carboxylic acids is 1. The number of aliphatic hydroxyl groups excluding tert-OH is 1. The third kappa shape index (κ3) is 4.07. The Kier molecular flexibility index (Phi) is 6.20. The molecule has 0 fully saturated rings. The number of hydrogen-bond acceptors (Lipinski definition) is 3. The summed E-state index contributed by atoms with van der Waals surface area (Å²) < 4.78 is 1.89. The first-order valence-electron chi connectivity index (χ1n) is 7.39. The first-order chi connectivity index (χ1) is 9.40. The number of hydrogen-bond donors (Lipinski definition) is 2. The normalized spacial score (nSPS) is 12.8. The zero-order chi connectivity index (χ0) is 15.3. The fraction of sp³-hybridized carbons (Fsp3) is 0.733. The summed E-state index contributed by atoms with van der Waals surface area (Å²) in [6, 6.07) is 0. The van der Waals surface area contributed by atoms with Crippen molar-refractivity contribution in [2.45, 2.75) is 59.6 Å². The van der Waals surface area contributed by atoms with Crippen molar-refractivity contribution >= 4 is 5.91 Å². The highest BCUT2D eigenvalue weighted by atomic mass is 16.3. The van der Waals surface area contributed by atoms with Crippen molar-refractivity contribution in [3.8, 4) is 0 Å². The van der Waals surface area contributed by atoms with E-state index in [1.165, 1.54) is 0 Å². The smallest absolute Gasteiger partial charge is 0.222 e. The standard InChI is InChI=1S/C15H27N3O2/c1-6-12-11(13(7-2)18(5)17-12)9-16-15(20)8-14(19)10(3)4/h10,14,19H,6-9H2,1-5H3,(H,16,20). The third-order valence-corrected chi connectivity index (χ3v) is 3.65. The van der Waals surface area contributed by atoms with Gasteiger partial charge in [-0.25, -0.2) is 0 Å². The van der Waals surface area contributed by atoms with Crippen molar-refractivity contribution in [2.75, 3.05) is 0 Å². The van der Waals surface area contributed by atoms with Crippen LogP contribution in [0.15, 0.2) is 0 Å². The van der Waals surface area contributed by atoms with Gasteiger partial charge >= 0.3 is 0 Å². The van der Waals surface area contributed by atoms with Gasteiger partial charge in [0.15, 0.2) is 0 Å². The van der Waals surface area contributed by atoms with Crippen LogP contribution in [-0.2, 0) is 31.2 Å². The summed E-state index contributed by atoms with van der Waals surface area (Å²) in [5.41, 5.74) is 3.31. The molecule has 0 bridgehead atoms. The Bertz CT molecular complexity index is 452. The lowest BCUT2D eigenvalue weighted by molar-refractivity contribution is -0.123. The fourth-order valence-corrected chi connectivity index (χ4v) is 2.28. The summed E-state index contributed by atoms with van der Waals surface area (Å²) in [5.74, 6) is -0.0179. The molecular weight excluding hydrogens is 254 g/mol. The van der Waals surface area contributed by atoms with Gasteiger partial charge in [0.2, 0.25) is 5.91 Å². The van der Waals surface area contributed by atoms with Crippen molar-refractivity contribution < 1.29 is 9.90 Å². The van der Waals surface area contributed by atoms with Crippen LogP contribution in [0, 0.1) is 5.92 Å². The van der Waals surface area contributed by atoms with Crippen LogP contribution in [0.25, 0.3) is 0 Å². The van der Waals surface area contributed by atoms with Crippen LogP contribution in [0.4, 0.5) is 0 Å². The fourth-order valence-electron chi connectivity index (χ4n) is 2.28. The molecule has 0 spiro atoms. The van der Waals surface area contributed by atoms with Crippen LogP contribution in [-0.4, -0.2) is 26.9 Å². The van der Waals surface area contributed by atoms with Gasteiger partial charge in [-0.1, -0.05) is 27.7 Å². The second-order valence-electron chi connectivity index (χ2n) is 5.49. The summed E-state index contributed by atoms with van der Waals surface area (Å²) in [6.07, 6.45) is 1.32. The monoisotopic (exact) mass is 281 g/mol. The zero-order valence-electron chi connectivity index (χ0n) is 13.2. The van der Waals surface area contributed by atoms with Gasteiger partial charge in [-0.05, 0) is 18.8 Å². The highest BCUT2D eigenvalue weighted by Gasteiger charge is 2.17. The molecule has 1 atom stereocenters. The van der Waals surface area contributed by atoms with Gasteiger partial charge < -0.3 is 10.4 Å². The van der Waals surface area contributed by atoms with Gasteiger partial charge in [-0.15, -0.1) is 0 Å². The molecule has 0 aliphatic heterocycles. The third-order valence-electron chi connectivity index (χ3n) is 3.65. The van der Waals surface area contributed by atoms with Crippen LogP contribution in [0.3, 0.4) is 0 Å². The van der Waals surface area contributed by atoms with E-state index in [2.05, 4.69) is 24.3 Å². The number of aliphatic hydroxyl groups is 1. The average molecular weight is 281 g/mol. The lowest BCUT2D eigenvalue weighted by atomic mass is 10.0. The van der Waals surface area contributed by atoms with E-state index in [9.17, 15) is 9.90 Å². The summed E-state index contributed by atoms with van der Waals surface area (Å²) in [6.45, 7) is 8.45. The van der Waals surface area contributed by atoms with Crippen molar-refractivity contribution in [3.63, 3.8) is 0 Å². The van der Waals surface area contributed by atoms with Gasteiger partial charge in [0.1, 0.15) is 0 Å². The van der Waals surface area contributed by atoms with Gasteiger partial charge in [-0.3, -0.25) is 9.48 Å². The number of aryl methyl sites for hydroxylation is 2. The van der Waals surface area contributed by atoms with Crippen molar-refractivity contribution in [1.82, 2.24) is 15.1 Å². The quantitative estimate of drug-likeness (QED) is 0.797. The number of amides is 1. The lowest BCUT2D eigenvalue weighted by Crippen LogP contribution is -2.29. The molecule has 5 heteroatoms. The molecule has 1 aromatic heterocycles. The minimum absolute atomic E-state index is 0.0940. The number of carbonyl (C=O) groups is 1. The minimum Gasteiger partial charge on any atom is -0.392 e. The maximum Gasteiger partial charge on any atom is 0.222 e. The molecule has 1 unspecified atom stereocenters. The van der Waals surface area contributed by atoms with Crippen LogP contribution < -0.4 is 5.32 Å². The van der Waals surface area contributed by atoms with Crippen molar-refractivity contribution in [2.24, 2.45) is 13.0 Å². The van der Waals surface area contributed by atoms with E-state index >= 15 is 0 Å². The summed E-state index contributed by atoms with van der Waals surface area (Å²) in [5, 5.41) is 17.1. The van der Waals surface area contributed by atoms with Gasteiger partial charge in [0, 0.05) is 24.8 Å². The van der Waals surface area contributed by atoms with Crippen LogP contribution in [0.1, 0.15) is 51.1 Å². The predicted molar refractivity (Wildman–Crippen MR) is 79.3 cm³/mol. The highest BCUT2D eigenvalue weighted by molar-refractivity contribution is 5.76. The molecule has 5 nitrogen and oxygen atoms in total.